The van der Waals surface area contributed by atoms with E-state index in [9.17, 15) is 9.59 Å². The zero-order valence-electron chi connectivity index (χ0n) is 17.9. The molecule has 2 aliphatic rings. The van der Waals surface area contributed by atoms with E-state index in [0.717, 1.165) is 25.9 Å². The van der Waals surface area contributed by atoms with E-state index in [1.54, 1.807) is 0 Å². The molecule has 0 spiro atoms. The van der Waals surface area contributed by atoms with Gasteiger partial charge in [-0.05, 0) is 57.9 Å². The van der Waals surface area contributed by atoms with E-state index in [4.69, 9.17) is 9.47 Å². The van der Waals surface area contributed by atoms with Crippen molar-refractivity contribution >= 4 is 12.0 Å². The van der Waals surface area contributed by atoms with Crippen LogP contribution in [0.4, 0.5) is 4.79 Å². The van der Waals surface area contributed by atoms with Gasteiger partial charge in [0.25, 0.3) is 0 Å². The molecule has 2 aliphatic heterocycles. The summed E-state index contributed by atoms with van der Waals surface area (Å²) in [5.74, 6) is 0.629. The zero-order chi connectivity index (χ0) is 20.9. The molecule has 6 nitrogen and oxygen atoms in total. The summed E-state index contributed by atoms with van der Waals surface area (Å²) in [7, 11) is 0. The molecule has 0 aromatic heterocycles. The van der Waals surface area contributed by atoms with Crippen molar-refractivity contribution in [3.8, 4) is 0 Å². The number of carbonyl (C=O) groups is 2. The summed E-state index contributed by atoms with van der Waals surface area (Å²) in [4.78, 5) is 27.6. The molecule has 0 bridgehead atoms. The van der Waals surface area contributed by atoms with Crippen molar-refractivity contribution < 1.29 is 19.1 Å². The number of benzene rings is 1. The molecule has 2 fully saturated rings. The van der Waals surface area contributed by atoms with E-state index >= 15 is 0 Å². The van der Waals surface area contributed by atoms with Crippen molar-refractivity contribution in [3.63, 3.8) is 0 Å². The van der Waals surface area contributed by atoms with Crippen molar-refractivity contribution in [2.45, 2.75) is 52.1 Å². The number of carbonyl (C=O) groups excluding carboxylic acids is 2. The monoisotopic (exact) mass is 402 g/mol. The van der Waals surface area contributed by atoms with E-state index in [2.05, 4.69) is 29.6 Å². The van der Waals surface area contributed by atoms with Crippen molar-refractivity contribution in [1.82, 2.24) is 10.2 Å². The number of hydrogen-bond donors (Lipinski definition) is 1. The third kappa shape index (κ3) is 5.95. The Bertz CT molecular complexity index is 693. The van der Waals surface area contributed by atoms with Crippen LogP contribution in [0.5, 0.6) is 0 Å². The molecule has 2 saturated heterocycles. The molecule has 6 heteroatoms. The van der Waals surface area contributed by atoms with Gasteiger partial charge in [-0.3, -0.25) is 4.79 Å². The van der Waals surface area contributed by atoms with Crippen LogP contribution in [-0.2, 0) is 20.7 Å². The molecule has 1 atom stereocenters. The molecule has 2 heterocycles. The average molecular weight is 403 g/mol. The second kappa shape index (κ2) is 9.16. The normalized spacial score (nSPS) is 21.6. The van der Waals surface area contributed by atoms with Crippen LogP contribution in [0.3, 0.4) is 0 Å². The molecule has 0 aliphatic carbocycles. The van der Waals surface area contributed by atoms with Gasteiger partial charge in [0.2, 0.25) is 5.91 Å². The summed E-state index contributed by atoms with van der Waals surface area (Å²) in [6.07, 6.45) is 2.80. The summed E-state index contributed by atoms with van der Waals surface area (Å²) in [6.45, 7) is 8.45. The lowest BCUT2D eigenvalue weighted by Crippen LogP contribution is -2.52. The van der Waals surface area contributed by atoms with E-state index in [1.807, 2.05) is 31.7 Å². The average Bonchev–Trinajstić information content (AvgIpc) is 3.14. The lowest BCUT2D eigenvalue weighted by molar-refractivity contribution is -0.146. The van der Waals surface area contributed by atoms with Gasteiger partial charge in [-0.15, -0.1) is 0 Å². The van der Waals surface area contributed by atoms with Gasteiger partial charge in [0.05, 0.1) is 5.41 Å². The predicted molar refractivity (Wildman–Crippen MR) is 112 cm³/mol. The first-order valence-electron chi connectivity index (χ1n) is 10.7. The maximum atomic E-state index is 13.5. The van der Waals surface area contributed by atoms with E-state index in [1.165, 1.54) is 5.56 Å². The highest BCUT2D eigenvalue weighted by Crippen LogP contribution is 2.34. The molecule has 0 unspecified atom stereocenters. The van der Waals surface area contributed by atoms with E-state index in [-0.39, 0.29) is 5.91 Å². The Labute approximate surface area is 173 Å². The molecule has 29 heavy (non-hydrogen) atoms. The summed E-state index contributed by atoms with van der Waals surface area (Å²) in [6, 6.07) is 10.4. The number of nitrogens with zero attached hydrogens (tertiary/aromatic N) is 1. The minimum atomic E-state index is -0.600. The maximum absolute atomic E-state index is 13.5. The van der Waals surface area contributed by atoms with Crippen molar-refractivity contribution in [3.05, 3.63) is 35.9 Å². The Kier molecular flexibility index (Phi) is 6.83. The fourth-order valence-electron chi connectivity index (χ4n) is 4.25. The molecule has 1 N–H and O–H groups in total. The number of ether oxygens (including phenoxy) is 2. The molecule has 2 amide bonds. The van der Waals surface area contributed by atoms with Gasteiger partial charge < -0.3 is 19.7 Å². The van der Waals surface area contributed by atoms with Crippen LogP contribution >= 0.6 is 0 Å². The summed E-state index contributed by atoms with van der Waals surface area (Å²) in [5, 5.41) is 2.84. The van der Waals surface area contributed by atoms with E-state index < -0.39 is 17.1 Å². The SMILES string of the molecule is CC(C)(C)OC(=O)NCC1(C(=O)N2CC[C@@H](Cc3ccccc3)C2)CCOCC1. The van der Waals surface area contributed by atoms with E-state index in [0.29, 0.717) is 38.5 Å². The fourth-order valence-corrected chi connectivity index (χ4v) is 4.25. The van der Waals surface area contributed by atoms with Gasteiger partial charge in [0.15, 0.2) is 0 Å². The maximum Gasteiger partial charge on any atom is 0.407 e. The minimum Gasteiger partial charge on any atom is -0.444 e. The highest BCUT2D eigenvalue weighted by atomic mass is 16.6. The van der Waals surface area contributed by atoms with Crippen LogP contribution in [0.25, 0.3) is 0 Å². The van der Waals surface area contributed by atoms with Gasteiger partial charge in [-0.25, -0.2) is 4.79 Å². The van der Waals surface area contributed by atoms with Gasteiger partial charge >= 0.3 is 6.09 Å². The van der Waals surface area contributed by atoms with Crippen LogP contribution in [0.2, 0.25) is 0 Å². The molecule has 1 aromatic rings. The quantitative estimate of drug-likeness (QED) is 0.820. The first-order chi connectivity index (χ1) is 13.8. The Hall–Kier alpha value is -2.08. The first kappa shape index (κ1) is 21.6. The van der Waals surface area contributed by atoms with Gasteiger partial charge in [0.1, 0.15) is 5.60 Å². The van der Waals surface area contributed by atoms with Crippen molar-refractivity contribution in [2.75, 3.05) is 32.8 Å². The van der Waals surface area contributed by atoms with Crippen LogP contribution in [0, 0.1) is 11.3 Å². The predicted octanol–water partition coefficient (Wildman–Crippen LogP) is 3.40. The largest absolute Gasteiger partial charge is 0.444 e. The van der Waals surface area contributed by atoms with Gasteiger partial charge in [0, 0.05) is 32.8 Å². The van der Waals surface area contributed by atoms with Crippen LogP contribution < -0.4 is 5.32 Å². The standard InChI is InChI=1S/C23H34N2O4/c1-22(2,3)29-21(27)24-17-23(10-13-28-14-11-23)20(26)25-12-9-19(16-25)15-18-7-5-4-6-8-18/h4-8,19H,9-17H2,1-3H3,(H,24,27)/t19-/m0/s1. The van der Waals surface area contributed by atoms with Gasteiger partial charge in [-0.2, -0.15) is 0 Å². The van der Waals surface area contributed by atoms with Gasteiger partial charge in [-0.1, -0.05) is 30.3 Å². The highest BCUT2D eigenvalue weighted by Gasteiger charge is 2.44. The van der Waals surface area contributed by atoms with Crippen LogP contribution in [-0.4, -0.2) is 55.3 Å². The summed E-state index contributed by atoms with van der Waals surface area (Å²) < 4.78 is 10.9. The number of alkyl carbamates (subject to hydrolysis) is 1. The molecule has 160 valence electrons. The zero-order valence-corrected chi connectivity index (χ0v) is 17.9. The molecule has 0 radical (unpaired) electrons. The number of rotatable bonds is 5. The Morgan fingerprint density at radius 1 is 1.21 bits per heavy atom. The Morgan fingerprint density at radius 2 is 1.90 bits per heavy atom. The molecule has 0 saturated carbocycles. The number of nitrogens with one attached hydrogen (secondary N) is 1. The molecule has 3 rings (SSSR count). The number of likely N-dealkylation sites (tertiary alicyclic amines) is 1. The topological polar surface area (TPSA) is 67.9 Å². The second-order valence-electron chi connectivity index (χ2n) is 9.34. The molecular formula is C23H34N2O4. The van der Waals surface area contributed by atoms with Crippen LogP contribution in [0.1, 0.15) is 45.6 Å². The third-order valence-electron chi connectivity index (χ3n) is 5.81. The van der Waals surface area contributed by atoms with Crippen molar-refractivity contribution in [2.24, 2.45) is 11.3 Å². The molecular weight excluding hydrogens is 368 g/mol. The smallest absolute Gasteiger partial charge is 0.407 e. The Balaban J connectivity index is 1.61. The fraction of sp³-hybridized carbons (Fsp3) is 0.652. The third-order valence-corrected chi connectivity index (χ3v) is 5.81. The Morgan fingerprint density at radius 3 is 2.55 bits per heavy atom. The van der Waals surface area contributed by atoms with Crippen molar-refractivity contribution in [1.29, 1.82) is 0 Å². The number of amides is 2. The second-order valence-corrected chi connectivity index (χ2v) is 9.34. The first-order valence-corrected chi connectivity index (χ1v) is 10.7. The minimum absolute atomic E-state index is 0.146. The summed E-state index contributed by atoms with van der Waals surface area (Å²) in [5.41, 5.74) is 0.159. The molecule has 1 aromatic carbocycles. The lowest BCUT2D eigenvalue weighted by atomic mass is 9.78. The highest BCUT2D eigenvalue weighted by molar-refractivity contribution is 5.84. The lowest BCUT2D eigenvalue weighted by Gasteiger charge is -2.38. The van der Waals surface area contributed by atoms with Crippen LogP contribution in [0.15, 0.2) is 30.3 Å². The summed E-state index contributed by atoms with van der Waals surface area (Å²) >= 11 is 0. The number of hydrogen-bond acceptors (Lipinski definition) is 4.